The number of anilines is 2. The highest BCUT2D eigenvalue weighted by Crippen LogP contribution is 2.61. The summed E-state index contributed by atoms with van der Waals surface area (Å²) in [7, 11) is 0. The van der Waals surface area contributed by atoms with Crippen LogP contribution in [0.25, 0.3) is 0 Å². The van der Waals surface area contributed by atoms with Crippen LogP contribution in [0.3, 0.4) is 0 Å². The molecule has 0 aromatic heterocycles. The molecule has 1 N–H and O–H groups in total. The second kappa shape index (κ2) is 5.99. The topological polar surface area (TPSA) is 117 Å². The third kappa shape index (κ3) is 2.57. The number of carbonyl (C=O) groups excluding carboxylic acids is 4. The Morgan fingerprint density at radius 2 is 1.25 bits per heavy atom. The molecule has 2 aromatic rings. The van der Waals surface area contributed by atoms with Crippen molar-refractivity contribution in [3.8, 4) is 23.0 Å². The summed E-state index contributed by atoms with van der Waals surface area (Å²) in [4.78, 5) is 49.0. The van der Waals surface area contributed by atoms with Gasteiger partial charge in [-0.15, -0.1) is 0 Å². The van der Waals surface area contributed by atoms with E-state index in [1.165, 1.54) is 11.8 Å². The molecule has 0 aliphatic carbocycles. The van der Waals surface area contributed by atoms with E-state index >= 15 is 0 Å². The van der Waals surface area contributed by atoms with Crippen molar-refractivity contribution < 1.29 is 38.1 Å². The van der Waals surface area contributed by atoms with Crippen molar-refractivity contribution in [1.29, 1.82) is 0 Å². The summed E-state index contributed by atoms with van der Waals surface area (Å²) < 4.78 is 21.1. The maximum atomic E-state index is 12.0. The summed E-state index contributed by atoms with van der Waals surface area (Å²) in [5.74, 6) is -4.18. The molecule has 0 spiro atoms. The minimum atomic E-state index is -0.888. The van der Waals surface area contributed by atoms with Gasteiger partial charge in [-0.1, -0.05) is 23.9 Å². The lowest BCUT2D eigenvalue weighted by molar-refractivity contribution is -0.144. The van der Waals surface area contributed by atoms with E-state index in [1.54, 1.807) is 6.07 Å². The van der Waals surface area contributed by atoms with E-state index in [1.807, 2.05) is 18.2 Å². The van der Waals surface area contributed by atoms with E-state index in [0.29, 0.717) is 10.6 Å². The van der Waals surface area contributed by atoms with Gasteiger partial charge in [-0.3, -0.25) is 19.2 Å². The van der Waals surface area contributed by atoms with E-state index in [-0.39, 0.29) is 28.7 Å². The van der Waals surface area contributed by atoms with Crippen LogP contribution >= 0.6 is 11.8 Å². The Morgan fingerprint density at radius 1 is 0.714 bits per heavy atom. The quantitative estimate of drug-likeness (QED) is 0.343. The van der Waals surface area contributed by atoms with Crippen molar-refractivity contribution in [2.45, 2.75) is 22.6 Å². The maximum Gasteiger partial charge on any atom is 0.322 e. The lowest BCUT2D eigenvalue weighted by atomic mass is 10.2. The molecule has 28 heavy (non-hydrogen) atoms. The highest BCUT2D eigenvalue weighted by Gasteiger charge is 2.39. The van der Waals surface area contributed by atoms with Gasteiger partial charge in [0.15, 0.2) is 5.75 Å². The monoisotopic (exact) mass is 399 g/mol. The van der Waals surface area contributed by atoms with Crippen LogP contribution in [0.2, 0.25) is 0 Å². The maximum absolute atomic E-state index is 12.0. The van der Waals surface area contributed by atoms with Gasteiger partial charge in [0.25, 0.3) is 0 Å². The minimum absolute atomic E-state index is 0.0812. The smallest absolute Gasteiger partial charge is 0.322 e. The van der Waals surface area contributed by atoms with Gasteiger partial charge in [0.05, 0.1) is 10.6 Å². The van der Waals surface area contributed by atoms with Gasteiger partial charge in [-0.2, -0.15) is 0 Å². The lowest BCUT2D eigenvalue weighted by Gasteiger charge is -2.25. The molecular formula is C18H9NO8S. The summed E-state index contributed by atoms with van der Waals surface area (Å²) in [5.41, 5.74) is 0.983. The Bertz CT molecular complexity index is 1020. The molecule has 0 bridgehead atoms. The normalized spacial score (nSPS) is 17.1. The molecule has 9 nitrogen and oxygen atoms in total. The van der Waals surface area contributed by atoms with Gasteiger partial charge in [0.1, 0.15) is 18.5 Å². The Balaban J connectivity index is 1.80. The molecule has 0 amide bonds. The fourth-order valence-corrected chi connectivity index (χ4v) is 4.03. The molecular weight excluding hydrogens is 390 g/mol. The predicted octanol–water partition coefficient (Wildman–Crippen LogP) is 2.32. The van der Waals surface area contributed by atoms with Crippen LogP contribution in [0.4, 0.5) is 11.4 Å². The van der Waals surface area contributed by atoms with Crippen LogP contribution in [0.15, 0.2) is 34.1 Å². The Labute approximate surface area is 160 Å². The number of hydrogen-bond acceptors (Lipinski definition) is 10. The summed E-state index contributed by atoms with van der Waals surface area (Å²) in [6.07, 6.45) is -1.23. The van der Waals surface area contributed by atoms with Crippen molar-refractivity contribution in [1.82, 2.24) is 0 Å². The van der Waals surface area contributed by atoms with E-state index in [2.05, 4.69) is 5.32 Å². The third-order valence-corrected chi connectivity index (χ3v) is 5.25. The van der Waals surface area contributed by atoms with E-state index in [9.17, 15) is 19.2 Å². The molecule has 0 fully saturated rings. The summed E-state index contributed by atoms with van der Waals surface area (Å²) in [6, 6.07) is 7.28. The number of benzene rings is 2. The number of rotatable bonds is 0. The average molecular weight is 399 g/mol. The molecule has 0 saturated carbocycles. The van der Waals surface area contributed by atoms with E-state index in [4.69, 9.17) is 18.9 Å². The molecule has 140 valence electrons. The molecule has 2 aromatic carbocycles. The SMILES string of the molecule is O=C1CC(=O)Oc2c(c3c(c4c2OC(=O)CC(=O)O4)Sc2ccccc2N3)O1. The largest absolute Gasteiger partial charge is 0.421 e. The van der Waals surface area contributed by atoms with Gasteiger partial charge in [-0.05, 0) is 12.1 Å². The van der Waals surface area contributed by atoms with Crippen LogP contribution in [0, 0.1) is 0 Å². The van der Waals surface area contributed by atoms with Crippen LogP contribution in [-0.2, 0) is 19.2 Å². The van der Waals surface area contributed by atoms with Crippen LogP contribution in [0.5, 0.6) is 23.0 Å². The first-order valence-corrected chi connectivity index (χ1v) is 8.92. The predicted molar refractivity (Wildman–Crippen MR) is 92.1 cm³/mol. The molecule has 3 aliphatic heterocycles. The first-order valence-electron chi connectivity index (χ1n) is 8.10. The van der Waals surface area contributed by atoms with Crippen molar-refractivity contribution in [3.63, 3.8) is 0 Å². The molecule has 0 unspecified atom stereocenters. The van der Waals surface area contributed by atoms with E-state index in [0.717, 1.165) is 4.90 Å². The van der Waals surface area contributed by atoms with Crippen molar-refractivity contribution in [2.24, 2.45) is 0 Å². The lowest BCUT2D eigenvalue weighted by Crippen LogP contribution is -2.14. The van der Waals surface area contributed by atoms with Gasteiger partial charge < -0.3 is 24.3 Å². The first-order chi connectivity index (χ1) is 13.5. The highest BCUT2D eigenvalue weighted by molar-refractivity contribution is 7.99. The number of esters is 4. The number of para-hydroxylation sites is 1. The van der Waals surface area contributed by atoms with Crippen LogP contribution in [-0.4, -0.2) is 23.9 Å². The fraction of sp³-hybridized carbons (Fsp3) is 0.111. The Morgan fingerprint density at radius 3 is 1.93 bits per heavy atom. The third-order valence-electron chi connectivity index (χ3n) is 4.08. The molecule has 0 radical (unpaired) electrons. The first kappa shape index (κ1) is 16.6. The number of nitrogens with one attached hydrogen (secondary N) is 1. The zero-order chi connectivity index (χ0) is 19.4. The second-order valence-corrected chi connectivity index (χ2v) is 7.05. The highest BCUT2D eigenvalue weighted by atomic mass is 32.2. The van der Waals surface area contributed by atoms with Gasteiger partial charge in [0.2, 0.25) is 17.2 Å². The van der Waals surface area contributed by atoms with Gasteiger partial charge in [0, 0.05) is 4.90 Å². The van der Waals surface area contributed by atoms with Crippen molar-refractivity contribution >= 4 is 47.0 Å². The number of ether oxygens (including phenoxy) is 4. The fourth-order valence-electron chi connectivity index (χ4n) is 2.96. The zero-order valence-electron chi connectivity index (χ0n) is 13.9. The summed E-state index contributed by atoms with van der Waals surface area (Å²) in [5, 5.41) is 3.11. The summed E-state index contributed by atoms with van der Waals surface area (Å²) in [6.45, 7) is 0. The Hall–Kier alpha value is -3.53. The van der Waals surface area contributed by atoms with Crippen molar-refractivity contribution in [3.05, 3.63) is 24.3 Å². The number of carbonyl (C=O) groups is 4. The molecule has 3 aliphatic rings. The molecule has 5 rings (SSSR count). The average Bonchev–Trinajstić information content (AvgIpc) is 2.90. The van der Waals surface area contributed by atoms with Gasteiger partial charge in [-0.25, -0.2) is 0 Å². The molecule has 3 heterocycles. The second-order valence-electron chi connectivity index (χ2n) is 5.99. The summed E-state index contributed by atoms with van der Waals surface area (Å²) >= 11 is 1.23. The Kier molecular flexibility index (Phi) is 3.56. The van der Waals surface area contributed by atoms with Crippen molar-refractivity contribution in [2.75, 3.05) is 5.32 Å². The molecule has 0 saturated heterocycles. The molecule has 0 atom stereocenters. The van der Waals surface area contributed by atoms with E-state index < -0.39 is 36.7 Å². The minimum Gasteiger partial charge on any atom is -0.421 e. The van der Waals surface area contributed by atoms with Crippen LogP contribution in [0.1, 0.15) is 12.8 Å². The molecule has 10 heteroatoms. The zero-order valence-corrected chi connectivity index (χ0v) is 14.7. The standard InChI is InChI=1S/C18H9NO8S/c20-9-5-10(21)25-15-14(24-9)13-18(28-8-4-2-1-3-7(8)19-13)17-16(15)26-11(22)6-12(23)27-17/h1-4,19H,5-6H2. The number of fused-ring (bicyclic) bond motifs is 7. The van der Waals surface area contributed by atoms with Gasteiger partial charge >= 0.3 is 23.9 Å². The number of hydrogen-bond donors (Lipinski definition) is 1. The van der Waals surface area contributed by atoms with Crippen LogP contribution < -0.4 is 24.3 Å².